The van der Waals surface area contributed by atoms with Gasteiger partial charge in [-0.3, -0.25) is 8.97 Å². The monoisotopic (exact) mass is 558 g/mol. The molecule has 2 fully saturated rings. The molecule has 10 nitrogen and oxygen atoms in total. The first-order valence-corrected chi connectivity index (χ1v) is 13.7. The average molecular weight is 559 g/mol. The van der Waals surface area contributed by atoms with Crippen molar-refractivity contribution in [1.29, 1.82) is 0 Å². The molecule has 3 N–H and O–H groups in total. The van der Waals surface area contributed by atoms with Crippen LogP contribution in [0.5, 0.6) is 0 Å². The fourth-order valence-corrected chi connectivity index (χ4v) is 6.77. The van der Waals surface area contributed by atoms with Gasteiger partial charge in [-0.1, -0.05) is 11.3 Å². The summed E-state index contributed by atoms with van der Waals surface area (Å²) in [5, 5.41) is 7.01. The minimum absolute atomic E-state index is 0.0611. The third-order valence-electron chi connectivity index (χ3n) is 6.86. The molecule has 16 heteroatoms. The summed E-state index contributed by atoms with van der Waals surface area (Å²) < 4.78 is 87.6. The highest BCUT2D eigenvalue weighted by Crippen LogP contribution is 2.40. The van der Waals surface area contributed by atoms with Crippen LogP contribution < -0.4 is 15.4 Å². The van der Waals surface area contributed by atoms with Crippen LogP contribution >= 0.6 is 11.3 Å². The number of nitrogens with two attached hydrogens (primary N) is 1. The van der Waals surface area contributed by atoms with Gasteiger partial charge in [0.2, 0.25) is 20.9 Å². The van der Waals surface area contributed by atoms with Crippen molar-refractivity contribution in [3.05, 3.63) is 29.5 Å². The van der Waals surface area contributed by atoms with E-state index in [0.29, 0.717) is 40.9 Å². The third kappa shape index (κ3) is 4.06. The molecule has 37 heavy (non-hydrogen) atoms. The summed E-state index contributed by atoms with van der Waals surface area (Å²) in [6, 6.07) is 1.38. The zero-order valence-electron chi connectivity index (χ0n) is 19.4. The van der Waals surface area contributed by atoms with E-state index in [1.165, 1.54) is 22.9 Å². The van der Waals surface area contributed by atoms with Crippen molar-refractivity contribution in [2.24, 2.45) is 5.73 Å². The highest BCUT2D eigenvalue weighted by atomic mass is 32.2. The molecular formula is C21H22F4N8O2S2. The Kier molecular flexibility index (Phi) is 5.36. The van der Waals surface area contributed by atoms with Crippen molar-refractivity contribution in [2.75, 3.05) is 18.0 Å². The molecule has 1 aromatic carbocycles. The first kappa shape index (κ1) is 24.5. The number of hydrogen-bond donors (Lipinski definition) is 2. The Hall–Kier alpha value is -2.82. The molecule has 1 saturated carbocycles. The second-order valence-electron chi connectivity index (χ2n) is 9.70. The van der Waals surface area contributed by atoms with Gasteiger partial charge in [-0.15, -0.1) is 10.2 Å². The van der Waals surface area contributed by atoms with Gasteiger partial charge in [0.15, 0.2) is 5.01 Å². The summed E-state index contributed by atoms with van der Waals surface area (Å²) in [5.74, 6) is -2.79. The van der Waals surface area contributed by atoms with E-state index in [0.717, 1.165) is 0 Å². The quantitative estimate of drug-likeness (QED) is 0.349. The van der Waals surface area contributed by atoms with Gasteiger partial charge in [0.05, 0.1) is 27.7 Å². The Labute approximate surface area is 212 Å². The van der Waals surface area contributed by atoms with Crippen LogP contribution in [0, 0.1) is 0 Å². The SMILES string of the molecule is CC1(NS(=O)(=O)c2cc(N3CCC(F)(F)[C@H](N)C3)c3c(c2)n(-c2nnc(C(F)F)s2)c2nccn32)CC1. The smallest absolute Gasteiger partial charge is 0.291 e. The highest BCUT2D eigenvalue weighted by Gasteiger charge is 2.44. The Morgan fingerprint density at radius 1 is 1.22 bits per heavy atom. The summed E-state index contributed by atoms with van der Waals surface area (Å²) in [7, 11) is -4.02. The van der Waals surface area contributed by atoms with Crippen LogP contribution in [0.4, 0.5) is 23.2 Å². The number of hydrogen-bond acceptors (Lipinski definition) is 8. The summed E-state index contributed by atoms with van der Waals surface area (Å²) in [6.07, 6.45) is 1.12. The Bertz CT molecular complexity index is 1630. The molecule has 4 heterocycles. The summed E-state index contributed by atoms with van der Waals surface area (Å²) in [6.45, 7) is 1.51. The zero-order valence-corrected chi connectivity index (χ0v) is 21.0. The van der Waals surface area contributed by atoms with Crippen LogP contribution in [0.25, 0.3) is 21.9 Å². The van der Waals surface area contributed by atoms with Crippen molar-refractivity contribution < 1.29 is 26.0 Å². The lowest BCUT2D eigenvalue weighted by atomic mass is 10.0. The van der Waals surface area contributed by atoms with E-state index >= 15 is 0 Å². The molecule has 0 amide bonds. The van der Waals surface area contributed by atoms with E-state index in [9.17, 15) is 26.0 Å². The summed E-state index contributed by atoms with van der Waals surface area (Å²) in [4.78, 5) is 5.84. The molecule has 1 atom stereocenters. The molecule has 0 bridgehead atoms. The Morgan fingerprint density at radius 3 is 2.62 bits per heavy atom. The van der Waals surface area contributed by atoms with Crippen LogP contribution in [0.2, 0.25) is 0 Å². The van der Waals surface area contributed by atoms with Crippen molar-refractivity contribution in [1.82, 2.24) is 28.9 Å². The van der Waals surface area contributed by atoms with E-state index in [2.05, 4.69) is 19.9 Å². The lowest BCUT2D eigenvalue weighted by Crippen LogP contribution is -2.55. The topological polar surface area (TPSA) is 123 Å². The number of aromatic nitrogens is 5. The number of alkyl halides is 4. The minimum Gasteiger partial charge on any atom is -0.368 e. The Balaban J connectivity index is 1.61. The molecule has 3 aromatic heterocycles. The summed E-state index contributed by atoms with van der Waals surface area (Å²) in [5.41, 5.74) is 6.32. The number of imidazole rings is 2. The van der Waals surface area contributed by atoms with Crippen molar-refractivity contribution in [3.63, 3.8) is 0 Å². The molecule has 0 unspecified atom stereocenters. The van der Waals surface area contributed by atoms with E-state index in [1.54, 1.807) is 22.4 Å². The molecule has 198 valence electrons. The van der Waals surface area contributed by atoms with Crippen molar-refractivity contribution in [2.45, 2.75) is 55.0 Å². The normalized spacial score (nSPS) is 21.4. The van der Waals surface area contributed by atoms with Gasteiger partial charge in [-0.25, -0.2) is 35.7 Å². The number of rotatable bonds is 6. The van der Waals surface area contributed by atoms with Gasteiger partial charge in [-0.05, 0) is 31.9 Å². The van der Waals surface area contributed by atoms with Crippen molar-refractivity contribution >= 4 is 43.9 Å². The van der Waals surface area contributed by atoms with Crippen LogP contribution in [-0.4, -0.2) is 63.2 Å². The van der Waals surface area contributed by atoms with Gasteiger partial charge in [0.1, 0.15) is 0 Å². The number of benzene rings is 1. The highest BCUT2D eigenvalue weighted by molar-refractivity contribution is 7.89. The lowest BCUT2D eigenvalue weighted by Gasteiger charge is -2.38. The first-order valence-electron chi connectivity index (χ1n) is 11.4. The zero-order chi connectivity index (χ0) is 26.3. The van der Waals surface area contributed by atoms with E-state index in [1.807, 2.05) is 0 Å². The number of fused-ring (bicyclic) bond motifs is 3. The van der Waals surface area contributed by atoms with E-state index in [4.69, 9.17) is 5.73 Å². The van der Waals surface area contributed by atoms with Gasteiger partial charge >= 0.3 is 0 Å². The molecule has 0 radical (unpaired) electrons. The molecule has 0 spiro atoms. The van der Waals surface area contributed by atoms with E-state index < -0.39 is 45.4 Å². The number of sulfonamides is 1. The second kappa shape index (κ2) is 8.09. The fourth-order valence-electron chi connectivity index (χ4n) is 4.55. The molecule has 1 saturated heterocycles. The van der Waals surface area contributed by atoms with Crippen LogP contribution in [0.1, 0.15) is 37.6 Å². The molecule has 1 aliphatic carbocycles. The number of halogens is 4. The molecule has 1 aliphatic heterocycles. The molecule has 2 aliphatic rings. The minimum atomic E-state index is -4.02. The predicted molar refractivity (Wildman–Crippen MR) is 128 cm³/mol. The summed E-state index contributed by atoms with van der Waals surface area (Å²) >= 11 is 0.646. The number of piperidine rings is 1. The molecule has 4 aromatic rings. The van der Waals surface area contributed by atoms with E-state index in [-0.39, 0.29) is 28.9 Å². The van der Waals surface area contributed by atoms with Gasteiger partial charge < -0.3 is 10.6 Å². The third-order valence-corrected chi connectivity index (χ3v) is 9.39. The maximum Gasteiger partial charge on any atom is 0.291 e. The number of anilines is 1. The van der Waals surface area contributed by atoms with Crippen LogP contribution in [0.15, 0.2) is 29.4 Å². The average Bonchev–Trinajstić information content (AvgIpc) is 3.21. The maximum absolute atomic E-state index is 14.2. The standard InChI is InChI=1S/C21H22F4N8O2S2/c1-20(2-3-20)30-37(34,35)11-8-12(31-6-4-21(24,25)14(26)10-31)15-13(9-11)33(18-27-5-7-32(15)18)19-29-28-17(36-19)16(22)23/h5,7-9,14,16,30H,2-4,6,10,26H2,1H3/t14-/m1/s1. The predicted octanol–water partition coefficient (Wildman–Crippen LogP) is 3.07. The Morgan fingerprint density at radius 2 is 1.97 bits per heavy atom. The van der Waals surface area contributed by atoms with Gasteiger partial charge in [0.25, 0.3) is 12.3 Å². The fraction of sp³-hybridized carbons (Fsp3) is 0.476. The van der Waals surface area contributed by atoms with Crippen molar-refractivity contribution in [3.8, 4) is 5.13 Å². The van der Waals surface area contributed by atoms with Crippen LogP contribution in [-0.2, 0) is 10.0 Å². The first-order chi connectivity index (χ1) is 17.4. The largest absolute Gasteiger partial charge is 0.368 e. The van der Waals surface area contributed by atoms with Crippen LogP contribution in [0.3, 0.4) is 0 Å². The molecular weight excluding hydrogens is 536 g/mol. The lowest BCUT2D eigenvalue weighted by molar-refractivity contribution is -0.0392. The van der Waals surface area contributed by atoms with Gasteiger partial charge in [0, 0.05) is 37.4 Å². The maximum atomic E-state index is 14.2. The van der Waals surface area contributed by atoms with Gasteiger partial charge in [-0.2, -0.15) is 0 Å². The molecule has 6 rings (SSSR count). The number of nitrogens with one attached hydrogen (secondary N) is 1. The second-order valence-corrected chi connectivity index (χ2v) is 12.4. The number of nitrogens with zero attached hydrogens (tertiary/aromatic N) is 6.